The zero-order valence-corrected chi connectivity index (χ0v) is 15.1. The minimum Gasteiger partial charge on any atom is -0.357 e. The van der Waals surface area contributed by atoms with Crippen LogP contribution in [0, 0.1) is 0 Å². The molecule has 134 valence electrons. The predicted molar refractivity (Wildman–Crippen MR) is 103 cm³/mol. The number of hydrogen-bond donors (Lipinski definition) is 2. The lowest BCUT2D eigenvalue weighted by atomic mass is 9.96. The standard InChI is InChI=1S/C20H29N5/c1-2-21-20(24-18-11-7-4-8-12-18)23-15-19-22-13-14-25(19)16-17-9-5-3-6-10-17/h3,5-6,9-10,13-14,18H,2,4,7-8,11-12,15-16H2,1H3,(H2,21,23,24). The quantitative estimate of drug-likeness (QED) is 0.627. The summed E-state index contributed by atoms with van der Waals surface area (Å²) < 4.78 is 2.17. The number of rotatable bonds is 6. The maximum absolute atomic E-state index is 4.76. The highest BCUT2D eigenvalue weighted by Gasteiger charge is 2.14. The summed E-state index contributed by atoms with van der Waals surface area (Å²) in [6.07, 6.45) is 10.4. The molecule has 0 bridgehead atoms. The second-order valence-electron chi connectivity index (χ2n) is 6.63. The van der Waals surface area contributed by atoms with Gasteiger partial charge in [-0.2, -0.15) is 0 Å². The third-order valence-electron chi connectivity index (χ3n) is 4.67. The second kappa shape index (κ2) is 9.25. The molecule has 1 aliphatic rings. The first-order chi connectivity index (χ1) is 12.3. The van der Waals surface area contributed by atoms with Gasteiger partial charge in [-0.25, -0.2) is 9.98 Å². The van der Waals surface area contributed by atoms with Crippen molar-refractivity contribution in [1.29, 1.82) is 0 Å². The van der Waals surface area contributed by atoms with Gasteiger partial charge in [0.05, 0.1) is 0 Å². The number of nitrogens with one attached hydrogen (secondary N) is 2. The van der Waals surface area contributed by atoms with Gasteiger partial charge >= 0.3 is 0 Å². The van der Waals surface area contributed by atoms with Gasteiger partial charge in [-0.3, -0.25) is 0 Å². The summed E-state index contributed by atoms with van der Waals surface area (Å²) in [5, 5.41) is 6.95. The Labute approximate surface area is 150 Å². The van der Waals surface area contributed by atoms with Crippen molar-refractivity contribution in [3.8, 4) is 0 Å². The Kier molecular flexibility index (Phi) is 6.48. The van der Waals surface area contributed by atoms with Crippen LogP contribution in [0.5, 0.6) is 0 Å². The molecule has 1 aromatic carbocycles. The fraction of sp³-hybridized carbons (Fsp3) is 0.500. The molecule has 25 heavy (non-hydrogen) atoms. The number of hydrogen-bond acceptors (Lipinski definition) is 2. The molecule has 1 aromatic heterocycles. The average molecular weight is 339 g/mol. The Hall–Kier alpha value is -2.30. The molecule has 1 aliphatic carbocycles. The summed E-state index contributed by atoms with van der Waals surface area (Å²) in [5.41, 5.74) is 1.28. The number of imidazole rings is 1. The minimum atomic E-state index is 0.551. The Balaban J connectivity index is 1.63. The topological polar surface area (TPSA) is 54.2 Å². The van der Waals surface area contributed by atoms with Crippen molar-refractivity contribution >= 4 is 5.96 Å². The van der Waals surface area contributed by atoms with Crippen molar-refractivity contribution in [2.45, 2.75) is 58.2 Å². The lowest BCUT2D eigenvalue weighted by Crippen LogP contribution is -2.44. The molecular weight excluding hydrogens is 310 g/mol. The molecule has 0 saturated heterocycles. The molecule has 5 nitrogen and oxygen atoms in total. The van der Waals surface area contributed by atoms with Gasteiger partial charge in [-0.15, -0.1) is 0 Å². The summed E-state index contributed by atoms with van der Waals surface area (Å²) in [4.78, 5) is 9.25. The molecule has 0 aliphatic heterocycles. The third kappa shape index (κ3) is 5.34. The van der Waals surface area contributed by atoms with Crippen LogP contribution in [-0.4, -0.2) is 28.1 Å². The minimum absolute atomic E-state index is 0.551. The van der Waals surface area contributed by atoms with Crippen LogP contribution < -0.4 is 10.6 Å². The molecule has 0 unspecified atom stereocenters. The van der Waals surface area contributed by atoms with Crippen molar-refractivity contribution in [3.05, 3.63) is 54.1 Å². The van der Waals surface area contributed by atoms with E-state index in [2.05, 4.69) is 51.4 Å². The summed E-state index contributed by atoms with van der Waals surface area (Å²) in [6, 6.07) is 11.0. The van der Waals surface area contributed by atoms with Crippen molar-refractivity contribution < 1.29 is 0 Å². The van der Waals surface area contributed by atoms with Crippen molar-refractivity contribution in [2.24, 2.45) is 4.99 Å². The van der Waals surface area contributed by atoms with E-state index >= 15 is 0 Å². The van der Waals surface area contributed by atoms with Crippen LogP contribution in [-0.2, 0) is 13.1 Å². The van der Waals surface area contributed by atoms with Crippen LogP contribution in [0.4, 0.5) is 0 Å². The number of nitrogens with zero attached hydrogens (tertiary/aromatic N) is 3. The van der Waals surface area contributed by atoms with Crippen LogP contribution in [0.3, 0.4) is 0 Å². The first-order valence-electron chi connectivity index (χ1n) is 9.44. The molecule has 2 N–H and O–H groups in total. The third-order valence-corrected chi connectivity index (χ3v) is 4.67. The Morgan fingerprint density at radius 1 is 1.20 bits per heavy atom. The van der Waals surface area contributed by atoms with Gasteiger partial charge < -0.3 is 15.2 Å². The normalized spacial score (nSPS) is 16.0. The number of aliphatic imine (C=N–C) groups is 1. The zero-order valence-electron chi connectivity index (χ0n) is 15.1. The Morgan fingerprint density at radius 3 is 2.76 bits per heavy atom. The summed E-state index contributed by atoms with van der Waals surface area (Å²) in [5.74, 6) is 1.90. The average Bonchev–Trinajstić information content (AvgIpc) is 3.09. The van der Waals surface area contributed by atoms with E-state index in [0.29, 0.717) is 12.6 Å². The number of benzene rings is 1. The van der Waals surface area contributed by atoms with Crippen LogP contribution >= 0.6 is 0 Å². The SMILES string of the molecule is CCNC(=NCc1nccn1Cc1ccccc1)NC1CCCCC1. The van der Waals surface area contributed by atoms with E-state index in [9.17, 15) is 0 Å². The smallest absolute Gasteiger partial charge is 0.191 e. The van der Waals surface area contributed by atoms with E-state index < -0.39 is 0 Å². The Bertz CT molecular complexity index is 656. The summed E-state index contributed by atoms with van der Waals surface area (Å²) >= 11 is 0. The monoisotopic (exact) mass is 339 g/mol. The highest BCUT2D eigenvalue weighted by atomic mass is 15.2. The predicted octanol–water partition coefficient (Wildman–Crippen LogP) is 3.32. The summed E-state index contributed by atoms with van der Waals surface area (Å²) in [7, 11) is 0. The molecular formula is C20H29N5. The number of aromatic nitrogens is 2. The van der Waals surface area contributed by atoms with Crippen LogP contribution in [0.2, 0.25) is 0 Å². The van der Waals surface area contributed by atoms with Crippen LogP contribution in [0.25, 0.3) is 0 Å². The van der Waals surface area contributed by atoms with Gasteiger partial charge in [0.25, 0.3) is 0 Å². The van der Waals surface area contributed by atoms with Crippen molar-refractivity contribution in [3.63, 3.8) is 0 Å². The van der Waals surface area contributed by atoms with E-state index in [0.717, 1.165) is 24.9 Å². The largest absolute Gasteiger partial charge is 0.357 e. The molecule has 3 rings (SSSR count). The maximum atomic E-state index is 4.76. The molecule has 0 radical (unpaired) electrons. The van der Waals surface area contributed by atoms with Gasteiger partial charge in [-0.05, 0) is 25.3 Å². The van der Waals surface area contributed by atoms with Crippen LogP contribution in [0.15, 0.2) is 47.7 Å². The molecule has 5 heteroatoms. The molecule has 1 fully saturated rings. The highest BCUT2D eigenvalue weighted by Crippen LogP contribution is 2.17. The van der Waals surface area contributed by atoms with Crippen LogP contribution in [0.1, 0.15) is 50.4 Å². The molecule has 0 spiro atoms. The highest BCUT2D eigenvalue weighted by molar-refractivity contribution is 5.80. The maximum Gasteiger partial charge on any atom is 0.191 e. The van der Waals surface area contributed by atoms with E-state index in [-0.39, 0.29) is 0 Å². The van der Waals surface area contributed by atoms with E-state index in [4.69, 9.17) is 4.99 Å². The van der Waals surface area contributed by atoms with E-state index in [1.54, 1.807) is 0 Å². The first kappa shape index (κ1) is 17.5. The lowest BCUT2D eigenvalue weighted by molar-refractivity contribution is 0.410. The fourth-order valence-corrected chi connectivity index (χ4v) is 3.33. The van der Waals surface area contributed by atoms with Gasteiger partial charge in [0, 0.05) is 31.5 Å². The Morgan fingerprint density at radius 2 is 2.00 bits per heavy atom. The molecule has 0 atom stereocenters. The second-order valence-corrected chi connectivity index (χ2v) is 6.63. The van der Waals surface area contributed by atoms with E-state index in [1.807, 2.05) is 18.5 Å². The van der Waals surface area contributed by atoms with Crippen molar-refractivity contribution in [2.75, 3.05) is 6.54 Å². The number of guanidine groups is 1. The molecule has 1 saturated carbocycles. The molecule has 1 heterocycles. The first-order valence-corrected chi connectivity index (χ1v) is 9.44. The van der Waals surface area contributed by atoms with Gasteiger partial charge in [0.15, 0.2) is 5.96 Å². The zero-order chi connectivity index (χ0) is 17.3. The molecule has 2 aromatic rings. The van der Waals surface area contributed by atoms with Crippen molar-refractivity contribution in [1.82, 2.24) is 20.2 Å². The summed E-state index contributed by atoms with van der Waals surface area (Å²) in [6.45, 7) is 4.39. The van der Waals surface area contributed by atoms with Gasteiger partial charge in [-0.1, -0.05) is 49.6 Å². The lowest BCUT2D eigenvalue weighted by Gasteiger charge is -2.24. The van der Waals surface area contributed by atoms with E-state index in [1.165, 1.54) is 37.7 Å². The van der Waals surface area contributed by atoms with Gasteiger partial charge in [0.1, 0.15) is 12.4 Å². The van der Waals surface area contributed by atoms with Gasteiger partial charge in [0.2, 0.25) is 0 Å². The fourth-order valence-electron chi connectivity index (χ4n) is 3.33. The molecule has 0 amide bonds.